The molecule has 1 atom stereocenters. The first kappa shape index (κ1) is 39.2. The van der Waals surface area contributed by atoms with E-state index < -0.39 is 95.7 Å². The lowest BCUT2D eigenvalue weighted by Crippen LogP contribution is -2.50. The number of nitrogens with one attached hydrogen (secondary N) is 7. The third kappa shape index (κ3) is 11.7. The van der Waals surface area contributed by atoms with Gasteiger partial charge in [0.05, 0.1) is 24.4 Å². The third-order valence-electron chi connectivity index (χ3n) is 7.29. The van der Waals surface area contributed by atoms with E-state index in [4.69, 9.17) is 20.4 Å². The molecule has 1 aromatic rings. The topological polar surface area (TPSA) is 282 Å². The van der Waals surface area contributed by atoms with Gasteiger partial charge in [0.2, 0.25) is 29.6 Å². The molecule has 1 heterocycles. The van der Waals surface area contributed by atoms with Crippen LogP contribution >= 0.6 is 0 Å². The molecule has 1 aliphatic rings. The van der Waals surface area contributed by atoms with Gasteiger partial charge in [0.1, 0.15) is 23.9 Å². The molecular weight excluding hydrogens is 654 g/mol. The summed E-state index contributed by atoms with van der Waals surface area (Å²) < 4.78 is 35.0. The van der Waals surface area contributed by atoms with Gasteiger partial charge in [0.25, 0.3) is 10.0 Å². The van der Waals surface area contributed by atoms with Gasteiger partial charge in [0, 0.05) is 24.9 Å². The van der Waals surface area contributed by atoms with E-state index in [1.807, 2.05) is 19.2 Å². The lowest BCUT2D eigenvalue weighted by Gasteiger charge is -2.20. The Morgan fingerprint density at radius 3 is 2.04 bits per heavy atom. The van der Waals surface area contributed by atoms with Gasteiger partial charge in [-0.2, -0.15) is 0 Å². The van der Waals surface area contributed by atoms with Crippen LogP contribution in [0.15, 0.2) is 4.90 Å². The molecule has 0 spiro atoms. The van der Waals surface area contributed by atoms with Gasteiger partial charge >= 0.3 is 11.9 Å². The van der Waals surface area contributed by atoms with E-state index in [1.165, 1.54) is 0 Å². The van der Waals surface area contributed by atoms with Gasteiger partial charge in [0.15, 0.2) is 0 Å². The predicted molar refractivity (Wildman–Crippen MR) is 170 cm³/mol. The molecule has 1 unspecified atom stereocenters. The number of carboxylic acids is 2. The molecule has 0 bridgehead atoms. The number of carbonyl (C=O) groups is 6. The first-order valence-electron chi connectivity index (χ1n) is 14.9. The highest BCUT2D eigenvalue weighted by Crippen LogP contribution is 2.43. The zero-order valence-corrected chi connectivity index (χ0v) is 28.2. The van der Waals surface area contributed by atoms with Crippen molar-refractivity contribution in [2.75, 3.05) is 26.2 Å². The van der Waals surface area contributed by atoms with Crippen LogP contribution in [0.4, 0.5) is 0 Å². The number of guanidine groups is 1. The summed E-state index contributed by atoms with van der Waals surface area (Å²) in [6.45, 7) is 7.18. The molecule has 19 heteroatoms. The molecule has 4 amide bonds. The van der Waals surface area contributed by atoms with Crippen LogP contribution in [0.2, 0.25) is 0 Å². The van der Waals surface area contributed by atoms with Crippen LogP contribution in [0.5, 0.6) is 5.75 Å². The molecule has 0 aliphatic carbocycles. The highest BCUT2D eigenvalue weighted by molar-refractivity contribution is 7.90. The minimum atomic E-state index is -4.18. The number of rotatable bonds is 17. The molecule has 0 saturated carbocycles. The van der Waals surface area contributed by atoms with E-state index in [1.54, 1.807) is 20.8 Å². The van der Waals surface area contributed by atoms with Crippen molar-refractivity contribution in [3.8, 4) is 5.75 Å². The summed E-state index contributed by atoms with van der Waals surface area (Å²) in [6, 6.07) is -1.23. The van der Waals surface area contributed by atoms with Gasteiger partial charge in [-0.05, 0) is 64.2 Å². The summed E-state index contributed by atoms with van der Waals surface area (Å²) >= 11 is 0. The monoisotopic (exact) mass is 697 g/mol. The summed E-state index contributed by atoms with van der Waals surface area (Å²) in [6.07, 6.45) is -0.306. The number of aliphatic carboxylic acids is 2. The average molecular weight is 698 g/mol. The molecule has 0 saturated heterocycles. The van der Waals surface area contributed by atoms with Crippen LogP contribution < -0.4 is 36.0 Å². The molecule has 1 aromatic carbocycles. The predicted octanol–water partition coefficient (Wildman–Crippen LogP) is -1.31. The zero-order chi connectivity index (χ0) is 36.4. The largest absolute Gasteiger partial charge is 0.487 e. The molecule has 266 valence electrons. The van der Waals surface area contributed by atoms with Crippen LogP contribution in [0.25, 0.3) is 0 Å². The standard InChI is InChI=1S/C29H43N7O11S/c1-15-16(2)26(17(3)18-11-29(4,5)47-25(15)18)48(45,46)36-28(30)31-10-6-7-19(35-20(37)8-9-23(40)41)27(44)34-13-22(39)32-12-21(38)33-14-24(42)43/h19H,6-14H2,1-5H3,(H,32,39)(H,33,38)(H,34,44)(H,35,37)(H,40,41)(H,42,43)(H3,30,31,36). The molecular formula is C29H43N7O11S. The molecule has 48 heavy (non-hydrogen) atoms. The number of carbonyl (C=O) groups excluding carboxylic acids is 4. The third-order valence-corrected chi connectivity index (χ3v) is 8.91. The van der Waals surface area contributed by atoms with E-state index >= 15 is 0 Å². The highest BCUT2D eigenvalue weighted by atomic mass is 32.2. The summed E-state index contributed by atoms with van der Waals surface area (Å²) in [5.41, 5.74) is 2.01. The Morgan fingerprint density at radius 1 is 0.833 bits per heavy atom. The van der Waals surface area contributed by atoms with Gasteiger partial charge in [-0.15, -0.1) is 0 Å². The maximum Gasteiger partial charge on any atom is 0.322 e. The number of benzene rings is 1. The summed E-state index contributed by atoms with van der Waals surface area (Å²) in [7, 11) is -4.18. The van der Waals surface area contributed by atoms with Crippen molar-refractivity contribution >= 4 is 51.6 Å². The number of ether oxygens (including phenoxy) is 1. The van der Waals surface area contributed by atoms with Crippen molar-refractivity contribution in [1.29, 1.82) is 5.41 Å². The number of carboxylic acid groups (broad SMARTS) is 2. The fourth-order valence-corrected chi connectivity index (χ4v) is 6.44. The molecule has 9 N–H and O–H groups in total. The van der Waals surface area contributed by atoms with E-state index in [-0.39, 0.29) is 24.3 Å². The van der Waals surface area contributed by atoms with E-state index in [9.17, 15) is 37.2 Å². The Bertz CT molecular complexity index is 1580. The van der Waals surface area contributed by atoms with Gasteiger partial charge in [-0.25, -0.2) is 13.1 Å². The summed E-state index contributed by atoms with van der Waals surface area (Å²) in [5.74, 6) is -5.46. The van der Waals surface area contributed by atoms with Crippen molar-refractivity contribution < 1.29 is 52.1 Å². The molecule has 0 fully saturated rings. The Kier molecular flexibility index (Phi) is 13.7. The van der Waals surface area contributed by atoms with Crippen molar-refractivity contribution in [2.24, 2.45) is 0 Å². The number of hydrogen-bond donors (Lipinski definition) is 9. The highest BCUT2D eigenvalue weighted by Gasteiger charge is 2.36. The Balaban J connectivity index is 1.98. The second kappa shape index (κ2) is 16.8. The number of fused-ring (bicyclic) bond motifs is 1. The Morgan fingerprint density at radius 2 is 1.44 bits per heavy atom. The number of sulfonamides is 1. The fraction of sp³-hybridized carbons (Fsp3) is 0.552. The molecule has 2 rings (SSSR count). The number of hydrogen-bond acceptors (Lipinski definition) is 10. The minimum Gasteiger partial charge on any atom is -0.487 e. The molecule has 18 nitrogen and oxygen atoms in total. The first-order chi connectivity index (χ1) is 22.2. The lowest BCUT2D eigenvalue weighted by molar-refractivity contribution is -0.139. The van der Waals surface area contributed by atoms with Gasteiger partial charge in [-0.3, -0.25) is 34.2 Å². The van der Waals surface area contributed by atoms with Crippen LogP contribution in [0.1, 0.15) is 61.8 Å². The molecule has 1 aliphatic heterocycles. The van der Waals surface area contributed by atoms with Crippen molar-refractivity contribution in [1.82, 2.24) is 31.3 Å². The Hall–Kier alpha value is -4.94. The van der Waals surface area contributed by atoms with Crippen molar-refractivity contribution in [3.63, 3.8) is 0 Å². The minimum absolute atomic E-state index is 0.00865. The van der Waals surface area contributed by atoms with Crippen LogP contribution in [0.3, 0.4) is 0 Å². The van der Waals surface area contributed by atoms with Gasteiger partial charge < -0.3 is 41.5 Å². The molecule has 0 aromatic heterocycles. The summed E-state index contributed by atoms with van der Waals surface area (Å²) in [5, 5.41) is 37.1. The molecule has 0 radical (unpaired) electrons. The van der Waals surface area contributed by atoms with E-state index in [0.29, 0.717) is 28.9 Å². The second-order valence-electron chi connectivity index (χ2n) is 11.8. The van der Waals surface area contributed by atoms with E-state index in [2.05, 4.69) is 26.0 Å². The maximum absolute atomic E-state index is 13.4. The van der Waals surface area contributed by atoms with Crippen LogP contribution in [-0.2, 0) is 45.2 Å². The average Bonchev–Trinajstić information content (AvgIpc) is 3.32. The number of amides is 4. The second-order valence-corrected chi connectivity index (χ2v) is 13.4. The smallest absolute Gasteiger partial charge is 0.322 e. The fourth-order valence-electron chi connectivity index (χ4n) is 4.91. The summed E-state index contributed by atoms with van der Waals surface area (Å²) in [4.78, 5) is 70.0. The van der Waals surface area contributed by atoms with Crippen molar-refractivity contribution in [3.05, 3.63) is 22.3 Å². The maximum atomic E-state index is 13.4. The zero-order valence-electron chi connectivity index (χ0n) is 27.4. The lowest BCUT2D eigenvalue weighted by atomic mass is 9.94. The van der Waals surface area contributed by atoms with E-state index in [0.717, 1.165) is 5.56 Å². The van der Waals surface area contributed by atoms with Crippen molar-refractivity contribution in [2.45, 2.75) is 83.3 Å². The normalized spacial score (nSPS) is 13.6. The quantitative estimate of drug-likeness (QED) is 0.0521. The Labute approximate surface area is 277 Å². The first-order valence-corrected chi connectivity index (χ1v) is 16.4. The SMILES string of the molecule is Cc1c(C)c(S(=O)(=O)NC(=N)NCCCC(NC(=O)CCC(=O)O)C(=O)NCC(=O)NCC(=O)NCC(=O)O)c(C)c2c1OC(C)(C)C2. The van der Waals surface area contributed by atoms with Crippen LogP contribution in [0, 0.1) is 26.2 Å². The van der Waals surface area contributed by atoms with Crippen LogP contribution in [-0.4, -0.2) is 98.0 Å². The van der Waals surface area contributed by atoms with Gasteiger partial charge in [-0.1, -0.05) is 0 Å².